The number of likely N-dealkylation sites (N-methyl/N-ethyl adjacent to an activating group) is 1. The highest BCUT2D eigenvalue weighted by atomic mass is 35.5. The topological polar surface area (TPSA) is 70.6 Å². The first-order chi connectivity index (χ1) is 15.4. The van der Waals surface area contributed by atoms with E-state index in [2.05, 4.69) is 37.8 Å². The van der Waals surface area contributed by atoms with Crippen LogP contribution in [0.3, 0.4) is 0 Å². The highest BCUT2D eigenvalue weighted by Gasteiger charge is 2.23. The summed E-state index contributed by atoms with van der Waals surface area (Å²) in [5.74, 6) is -0.436. The molecule has 0 unspecified atom stereocenters. The summed E-state index contributed by atoms with van der Waals surface area (Å²) in [7, 11) is -3.52. The third-order valence-electron chi connectivity index (χ3n) is 5.60. The van der Waals surface area contributed by atoms with Crippen molar-refractivity contribution in [1.29, 1.82) is 0 Å². The van der Waals surface area contributed by atoms with Crippen molar-refractivity contribution in [1.82, 2.24) is 9.88 Å². The van der Waals surface area contributed by atoms with Crippen molar-refractivity contribution in [3.05, 3.63) is 54.1 Å². The lowest BCUT2D eigenvalue weighted by atomic mass is 10.2. The number of carbonyl (C=O) groups excluding carboxylic acids is 1. The van der Waals surface area contributed by atoms with Crippen LogP contribution >= 0.6 is 23.7 Å². The Morgan fingerprint density at radius 3 is 2.33 bits per heavy atom. The first-order valence-corrected chi connectivity index (χ1v) is 13.5. The van der Waals surface area contributed by atoms with Crippen LogP contribution in [0.15, 0.2) is 53.4 Å². The molecule has 6 nitrogen and oxygen atoms in total. The lowest BCUT2D eigenvalue weighted by molar-refractivity contribution is -0.118. The number of thiazole rings is 1. The van der Waals surface area contributed by atoms with Gasteiger partial charge in [-0.05, 0) is 49.3 Å². The molecule has 0 saturated heterocycles. The van der Waals surface area contributed by atoms with Crippen LogP contribution in [0, 0.1) is 0 Å². The smallest absolute Gasteiger partial charge is 0.229 e. The van der Waals surface area contributed by atoms with E-state index >= 15 is 0 Å². The Kier molecular flexibility index (Phi) is 10.3. The predicted octanol–water partition coefficient (Wildman–Crippen LogP) is 4.82. The number of halogens is 1. The lowest BCUT2D eigenvalue weighted by Crippen LogP contribution is -2.39. The molecular weight excluding hydrogens is 478 g/mol. The van der Waals surface area contributed by atoms with Crippen molar-refractivity contribution in [2.45, 2.75) is 38.5 Å². The summed E-state index contributed by atoms with van der Waals surface area (Å²) in [6.45, 7) is 9.25. The van der Waals surface area contributed by atoms with E-state index in [1.54, 1.807) is 35.2 Å². The molecule has 1 amide bonds. The third kappa shape index (κ3) is 6.99. The van der Waals surface area contributed by atoms with Gasteiger partial charge in [-0.25, -0.2) is 13.4 Å². The van der Waals surface area contributed by atoms with Crippen molar-refractivity contribution in [2.24, 2.45) is 0 Å². The maximum Gasteiger partial charge on any atom is 0.229 e. The normalized spacial score (nSPS) is 11.5. The molecule has 9 heteroatoms. The van der Waals surface area contributed by atoms with E-state index in [9.17, 15) is 13.2 Å². The SMILES string of the molecule is CCc1ccc2nc(N(CCN(CC)CC)C(=O)CCS(=O)(=O)c3ccccc3)sc2c1.Cl. The van der Waals surface area contributed by atoms with Gasteiger partial charge in [0.2, 0.25) is 5.91 Å². The van der Waals surface area contributed by atoms with Crippen LogP contribution in [-0.4, -0.2) is 56.1 Å². The minimum absolute atomic E-state index is 0. The van der Waals surface area contributed by atoms with Crippen molar-refractivity contribution >= 4 is 54.8 Å². The molecule has 3 aromatic rings. The second-order valence-corrected chi connectivity index (χ2v) is 10.7. The molecule has 0 fully saturated rings. The van der Waals surface area contributed by atoms with E-state index in [0.717, 1.165) is 29.7 Å². The zero-order chi connectivity index (χ0) is 23.1. The number of anilines is 1. The molecule has 0 aliphatic carbocycles. The van der Waals surface area contributed by atoms with Crippen LogP contribution in [0.5, 0.6) is 0 Å². The number of benzene rings is 2. The Balaban J connectivity index is 0.00000385. The summed E-state index contributed by atoms with van der Waals surface area (Å²) in [6, 6.07) is 14.4. The third-order valence-corrected chi connectivity index (χ3v) is 8.38. The summed E-state index contributed by atoms with van der Waals surface area (Å²) >= 11 is 1.49. The molecule has 33 heavy (non-hydrogen) atoms. The zero-order valence-corrected chi connectivity index (χ0v) is 21.8. The number of carbonyl (C=O) groups is 1. The second kappa shape index (κ2) is 12.5. The summed E-state index contributed by atoms with van der Waals surface area (Å²) < 4.78 is 26.4. The molecule has 180 valence electrons. The lowest BCUT2D eigenvalue weighted by Gasteiger charge is -2.24. The Hall–Kier alpha value is -2.00. The standard InChI is InChI=1S/C24H31N3O3S2.ClH/c1-4-19-12-13-21-22(18-19)31-24(25-21)27(16-15-26(5-2)6-3)23(28)14-17-32(29,30)20-10-8-7-9-11-20;/h7-13,18H,4-6,14-17H2,1-3H3;1H. The molecule has 0 bridgehead atoms. The average Bonchev–Trinajstić information content (AvgIpc) is 3.23. The van der Waals surface area contributed by atoms with E-state index in [1.807, 2.05) is 6.07 Å². The quantitative estimate of drug-likeness (QED) is 0.370. The summed E-state index contributed by atoms with van der Waals surface area (Å²) in [5.41, 5.74) is 2.09. The molecule has 0 aliphatic heterocycles. The monoisotopic (exact) mass is 509 g/mol. The van der Waals surface area contributed by atoms with Gasteiger partial charge < -0.3 is 4.90 Å². The number of rotatable bonds is 11. The first-order valence-electron chi connectivity index (χ1n) is 11.1. The van der Waals surface area contributed by atoms with E-state index in [1.165, 1.54) is 16.9 Å². The largest absolute Gasteiger partial charge is 0.302 e. The van der Waals surface area contributed by atoms with E-state index in [4.69, 9.17) is 4.98 Å². The average molecular weight is 510 g/mol. The van der Waals surface area contributed by atoms with E-state index in [0.29, 0.717) is 18.2 Å². The van der Waals surface area contributed by atoms with Gasteiger partial charge in [0, 0.05) is 19.5 Å². The van der Waals surface area contributed by atoms with Crippen LogP contribution in [0.4, 0.5) is 5.13 Å². The minimum atomic E-state index is -3.52. The van der Waals surface area contributed by atoms with Gasteiger partial charge in [0.05, 0.1) is 20.9 Å². The molecule has 0 radical (unpaired) electrons. The van der Waals surface area contributed by atoms with Gasteiger partial charge in [0.1, 0.15) is 0 Å². The van der Waals surface area contributed by atoms with Gasteiger partial charge in [-0.3, -0.25) is 9.69 Å². The molecule has 3 rings (SSSR count). The fourth-order valence-corrected chi connectivity index (χ4v) is 5.83. The number of aryl methyl sites for hydroxylation is 1. The van der Waals surface area contributed by atoms with Gasteiger partial charge >= 0.3 is 0 Å². The molecule has 2 aromatic carbocycles. The maximum atomic E-state index is 13.2. The minimum Gasteiger partial charge on any atom is -0.302 e. The molecule has 0 aliphatic rings. The van der Waals surface area contributed by atoms with E-state index < -0.39 is 9.84 Å². The van der Waals surface area contributed by atoms with Crippen molar-refractivity contribution in [2.75, 3.05) is 36.8 Å². The Morgan fingerprint density at radius 2 is 1.70 bits per heavy atom. The van der Waals surface area contributed by atoms with Crippen LogP contribution < -0.4 is 4.90 Å². The van der Waals surface area contributed by atoms with Gasteiger partial charge in [-0.2, -0.15) is 0 Å². The van der Waals surface area contributed by atoms with Crippen LogP contribution in [-0.2, 0) is 21.1 Å². The summed E-state index contributed by atoms with van der Waals surface area (Å²) in [6.07, 6.45) is 0.858. The molecular formula is C24H32ClN3O3S2. The highest BCUT2D eigenvalue weighted by molar-refractivity contribution is 7.91. The van der Waals surface area contributed by atoms with Crippen LogP contribution in [0.1, 0.15) is 32.8 Å². The summed E-state index contributed by atoms with van der Waals surface area (Å²) in [4.78, 5) is 22.1. The van der Waals surface area contributed by atoms with Gasteiger partial charge in [-0.15, -0.1) is 12.4 Å². The molecule has 0 spiro atoms. The van der Waals surface area contributed by atoms with E-state index in [-0.39, 0.29) is 35.4 Å². The number of hydrogen-bond donors (Lipinski definition) is 0. The number of fused-ring (bicyclic) bond motifs is 1. The van der Waals surface area contributed by atoms with Crippen molar-refractivity contribution in [3.63, 3.8) is 0 Å². The molecule has 0 N–H and O–H groups in total. The molecule has 1 heterocycles. The van der Waals surface area contributed by atoms with Gasteiger partial charge in [0.25, 0.3) is 0 Å². The summed E-state index contributed by atoms with van der Waals surface area (Å²) in [5, 5.41) is 0.627. The number of amides is 1. The second-order valence-electron chi connectivity index (χ2n) is 7.61. The number of nitrogens with zero attached hydrogens (tertiary/aromatic N) is 3. The number of hydrogen-bond acceptors (Lipinski definition) is 6. The Bertz CT molecular complexity index is 1150. The van der Waals surface area contributed by atoms with Crippen molar-refractivity contribution in [3.8, 4) is 0 Å². The molecule has 1 aromatic heterocycles. The van der Waals surface area contributed by atoms with Gasteiger partial charge in [0.15, 0.2) is 15.0 Å². The fraction of sp³-hybridized carbons (Fsp3) is 0.417. The highest BCUT2D eigenvalue weighted by Crippen LogP contribution is 2.30. The Morgan fingerprint density at radius 1 is 1.00 bits per heavy atom. The van der Waals surface area contributed by atoms with Crippen LogP contribution in [0.2, 0.25) is 0 Å². The van der Waals surface area contributed by atoms with Crippen LogP contribution in [0.25, 0.3) is 10.2 Å². The Labute approximate surface area is 207 Å². The van der Waals surface area contributed by atoms with Crippen molar-refractivity contribution < 1.29 is 13.2 Å². The molecule has 0 saturated carbocycles. The maximum absolute atomic E-state index is 13.2. The number of sulfone groups is 1. The predicted molar refractivity (Wildman–Crippen MR) is 139 cm³/mol. The number of aromatic nitrogens is 1. The zero-order valence-electron chi connectivity index (χ0n) is 19.4. The molecule has 0 atom stereocenters. The fourth-order valence-electron chi connectivity index (χ4n) is 3.50. The first kappa shape index (κ1) is 27.2. The van der Waals surface area contributed by atoms with Gasteiger partial charge in [-0.1, -0.05) is 56.4 Å².